The first-order valence-corrected chi connectivity index (χ1v) is 8.20. The Hall–Kier alpha value is -3.22. The Morgan fingerprint density at radius 2 is 2.08 bits per heavy atom. The van der Waals surface area contributed by atoms with Gasteiger partial charge in [-0.3, -0.25) is 15.1 Å². The van der Waals surface area contributed by atoms with Crippen LogP contribution in [-0.2, 0) is 0 Å². The number of aromatic nitrogens is 4. The van der Waals surface area contributed by atoms with Gasteiger partial charge in [-0.1, -0.05) is 30.3 Å². The van der Waals surface area contributed by atoms with E-state index in [4.69, 9.17) is 0 Å². The Morgan fingerprint density at radius 3 is 2.84 bits per heavy atom. The summed E-state index contributed by atoms with van der Waals surface area (Å²) in [5.41, 5.74) is 1.64. The second-order valence-corrected chi connectivity index (χ2v) is 6.11. The van der Waals surface area contributed by atoms with Gasteiger partial charge in [0.1, 0.15) is 0 Å². The number of benzene rings is 1. The van der Waals surface area contributed by atoms with Crippen molar-refractivity contribution in [3.63, 3.8) is 0 Å². The first-order valence-electron chi connectivity index (χ1n) is 8.20. The quantitative estimate of drug-likeness (QED) is 0.769. The zero-order valence-electron chi connectivity index (χ0n) is 13.8. The molecule has 2 aromatic heterocycles. The molecule has 0 unspecified atom stereocenters. The van der Waals surface area contributed by atoms with Crippen LogP contribution in [0.5, 0.6) is 0 Å². The number of nitrogens with one attached hydrogen (secondary N) is 2. The molecule has 0 spiro atoms. The molecular weight excluding hydrogens is 316 g/mol. The largest absolute Gasteiger partial charge is 0.352 e. The molecule has 1 aliphatic rings. The van der Waals surface area contributed by atoms with Crippen molar-refractivity contribution in [2.45, 2.75) is 25.4 Å². The summed E-state index contributed by atoms with van der Waals surface area (Å²) >= 11 is 0. The molecule has 4 rings (SSSR count). The molecule has 0 aliphatic carbocycles. The minimum atomic E-state index is -0.277. The van der Waals surface area contributed by atoms with E-state index in [0.29, 0.717) is 11.5 Å². The van der Waals surface area contributed by atoms with Gasteiger partial charge < -0.3 is 5.32 Å². The topological polar surface area (TPSA) is 84.7 Å². The smallest absolute Gasteiger partial charge is 0.259 e. The van der Waals surface area contributed by atoms with Gasteiger partial charge in [-0.05, 0) is 31.0 Å². The molecule has 1 amide bonds. The molecule has 0 fully saturated rings. The molecule has 2 atom stereocenters. The molecule has 1 aliphatic heterocycles. The Labute approximate surface area is 145 Å². The Morgan fingerprint density at radius 1 is 1.24 bits per heavy atom. The zero-order valence-corrected chi connectivity index (χ0v) is 13.8. The summed E-state index contributed by atoms with van der Waals surface area (Å²) in [6.45, 7) is 2.11. The predicted molar refractivity (Wildman–Crippen MR) is 94.5 cm³/mol. The average molecular weight is 334 g/mol. The third kappa shape index (κ3) is 3.08. The van der Waals surface area contributed by atoms with Crippen LogP contribution in [0.4, 0.5) is 11.9 Å². The summed E-state index contributed by atoms with van der Waals surface area (Å²) in [7, 11) is 0. The van der Waals surface area contributed by atoms with Gasteiger partial charge in [0.15, 0.2) is 0 Å². The van der Waals surface area contributed by atoms with Crippen molar-refractivity contribution in [1.82, 2.24) is 19.7 Å². The second kappa shape index (κ2) is 6.35. The summed E-state index contributed by atoms with van der Waals surface area (Å²) in [6, 6.07) is 14.0. The number of fused-ring (bicyclic) bond motifs is 1. The molecule has 0 saturated heterocycles. The fourth-order valence-electron chi connectivity index (χ4n) is 3.03. The molecule has 2 N–H and O–H groups in total. The maximum atomic E-state index is 12.3. The fraction of sp³-hybridized carbons (Fsp3) is 0.222. The predicted octanol–water partition coefficient (Wildman–Crippen LogP) is 2.72. The molecule has 25 heavy (non-hydrogen) atoms. The second-order valence-electron chi connectivity index (χ2n) is 6.11. The maximum absolute atomic E-state index is 12.3. The number of hydrogen-bond acceptors (Lipinski definition) is 5. The number of hydrogen-bond donors (Lipinski definition) is 2. The standard InChI is InChI=1S/C18H18N6O/c1-12-10-15(13-6-3-2-4-7-13)24-18(20-12)22-17(23-24)21-16(25)14-8-5-9-19-11-14/h2-9,11-12,15H,10H2,1H3,(H2,20,21,22,23,25)/t12-,15+/m0/s1. The molecule has 0 radical (unpaired) electrons. The van der Waals surface area contributed by atoms with Gasteiger partial charge in [0.25, 0.3) is 11.9 Å². The van der Waals surface area contributed by atoms with E-state index in [1.807, 2.05) is 22.9 Å². The van der Waals surface area contributed by atoms with Crippen LogP contribution in [0.3, 0.4) is 0 Å². The third-order valence-electron chi connectivity index (χ3n) is 4.21. The highest BCUT2D eigenvalue weighted by molar-refractivity contribution is 6.03. The Kier molecular flexibility index (Phi) is 3.89. The van der Waals surface area contributed by atoms with E-state index in [9.17, 15) is 4.79 Å². The van der Waals surface area contributed by atoms with Gasteiger partial charge in [0.05, 0.1) is 11.6 Å². The number of carbonyl (C=O) groups is 1. The average Bonchev–Trinajstić information content (AvgIpc) is 3.04. The van der Waals surface area contributed by atoms with E-state index in [1.165, 1.54) is 11.8 Å². The summed E-state index contributed by atoms with van der Waals surface area (Å²) in [5.74, 6) is 0.667. The monoisotopic (exact) mass is 334 g/mol. The summed E-state index contributed by atoms with van der Waals surface area (Å²) in [6.07, 6.45) is 4.04. The van der Waals surface area contributed by atoms with Crippen LogP contribution in [0.15, 0.2) is 54.9 Å². The van der Waals surface area contributed by atoms with Crippen molar-refractivity contribution in [1.29, 1.82) is 0 Å². The van der Waals surface area contributed by atoms with Crippen molar-refractivity contribution in [2.24, 2.45) is 0 Å². The molecule has 7 nitrogen and oxygen atoms in total. The summed E-state index contributed by atoms with van der Waals surface area (Å²) in [5, 5.41) is 10.6. The van der Waals surface area contributed by atoms with Gasteiger partial charge in [-0.15, -0.1) is 5.10 Å². The van der Waals surface area contributed by atoms with Gasteiger partial charge in [0.2, 0.25) is 5.95 Å². The van der Waals surface area contributed by atoms with Crippen molar-refractivity contribution in [3.05, 3.63) is 66.0 Å². The van der Waals surface area contributed by atoms with E-state index in [2.05, 4.69) is 44.8 Å². The number of carbonyl (C=O) groups excluding carboxylic acids is 1. The molecule has 0 bridgehead atoms. The van der Waals surface area contributed by atoms with E-state index >= 15 is 0 Å². The van der Waals surface area contributed by atoms with Crippen LogP contribution in [-0.4, -0.2) is 31.7 Å². The Balaban J connectivity index is 1.62. The minimum absolute atomic E-state index is 0.0870. The fourth-order valence-corrected chi connectivity index (χ4v) is 3.03. The molecule has 0 saturated carbocycles. The van der Waals surface area contributed by atoms with Crippen LogP contribution in [0.25, 0.3) is 0 Å². The SMILES string of the molecule is C[C@H]1C[C@H](c2ccccc2)n2nc(NC(=O)c3cccnc3)nc2N1. The van der Waals surface area contributed by atoms with Crippen molar-refractivity contribution in [2.75, 3.05) is 10.6 Å². The lowest BCUT2D eigenvalue weighted by atomic mass is 9.99. The lowest BCUT2D eigenvalue weighted by molar-refractivity contribution is 0.102. The highest BCUT2D eigenvalue weighted by atomic mass is 16.1. The van der Waals surface area contributed by atoms with Crippen LogP contribution in [0.1, 0.15) is 35.3 Å². The number of amides is 1. The van der Waals surface area contributed by atoms with Crippen molar-refractivity contribution >= 4 is 17.8 Å². The summed E-state index contributed by atoms with van der Waals surface area (Å²) < 4.78 is 1.84. The van der Waals surface area contributed by atoms with Gasteiger partial charge >= 0.3 is 0 Å². The molecule has 126 valence electrons. The molecule has 7 heteroatoms. The first-order chi connectivity index (χ1) is 12.2. The van der Waals surface area contributed by atoms with Gasteiger partial charge in [-0.2, -0.15) is 4.98 Å². The minimum Gasteiger partial charge on any atom is -0.352 e. The summed E-state index contributed by atoms with van der Waals surface area (Å²) in [4.78, 5) is 20.7. The maximum Gasteiger partial charge on any atom is 0.259 e. The number of rotatable bonds is 3. The highest BCUT2D eigenvalue weighted by Gasteiger charge is 2.28. The lowest BCUT2D eigenvalue weighted by Gasteiger charge is -2.29. The van der Waals surface area contributed by atoms with E-state index in [0.717, 1.165) is 6.42 Å². The van der Waals surface area contributed by atoms with Gasteiger partial charge in [0, 0.05) is 18.4 Å². The van der Waals surface area contributed by atoms with E-state index < -0.39 is 0 Å². The van der Waals surface area contributed by atoms with Crippen LogP contribution >= 0.6 is 0 Å². The van der Waals surface area contributed by atoms with E-state index in [-0.39, 0.29) is 23.9 Å². The van der Waals surface area contributed by atoms with Crippen LogP contribution in [0.2, 0.25) is 0 Å². The first kappa shape index (κ1) is 15.3. The van der Waals surface area contributed by atoms with Crippen molar-refractivity contribution < 1.29 is 4.79 Å². The molecule has 3 heterocycles. The molecule has 3 aromatic rings. The normalized spacial score (nSPS) is 18.9. The van der Waals surface area contributed by atoms with Crippen LogP contribution in [0, 0.1) is 0 Å². The zero-order chi connectivity index (χ0) is 17.2. The molecule has 1 aromatic carbocycles. The molecular formula is C18H18N6O. The Bertz CT molecular complexity index is 877. The number of nitrogens with zero attached hydrogens (tertiary/aromatic N) is 4. The van der Waals surface area contributed by atoms with Crippen LogP contribution < -0.4 is 10.6 Å². The highest BCUT2D eigenvalue weighted by Crippen LogP contribution is 2.31. The number of pyridine rings is 1. The van der Waals surface area contributed by atoms with Crippen molar-refractivity contribution in [3.8, 4) is 0 Å². The lowest BCUT2D eigenvalue weighted by Crippen LogP contribution is -2.31. The van der Waals surface area contributed by atoms with E-state index in [1.54, 1.807) is 18.3 Å². The third-order valence-corrected chi connectivity index (χ3v) is 4.21. The van der Waals surface area contributed by atoms with Gasteiger partial charge in [-0.25, -0.2) is 4.68 Å². The number of anilines is 2.